The summed E-state index contributed by atoms with van der Waals surface area (Å²) < 4.78 is 0. The highest BCUT2D eigenvalue weighted by Crippen LogP contribution is 2.29. The van der Waals surface area contributed by atoms with Crippen molar-refractivity contribution < 1.29 is 5.21 Å². The van der Waals surface area contributed by atoms with Gasteiger partial charge >= 0.3 is 0 Å². The molecule has 0 aliphatic heterocycles. The van der Waals surface area contributed by atoms with Gasteiger partial charge in [-0.1, -0.05) is 32.3 Å². The zero-order valence-corrected chi connectivity index (χ0v) is 10.7. The van der Waals surface area contributed by atoms with E-state index in [0.717, 1.165) is 37.8 Å². The molecule has 16 heavy (non-hydrogen) atoms. The largest absolute Gasteiger partial charge is 0.409 e. The van der Waals surface area contributed by atoms with E-state index in [1.54, 1.807) is 0 Å². The fourth-order valence-electron chi connectivity index (χ4n) is 1.85. The van der Waals surface area contributed by atoms with Crippen LogP contribution in [-0.4, -0.2) is 23.6 Å². The number of unbranched alkanes of at least 4 members (excludes halogenated alkanes) is 1. The molecule has 1 aliphatic carbocycles. The van der Waals surface area contributed by atoms with Gasteiger partial charge in [0.25, 0.3) is 0 Å². The second-order valence-electron chi connectivity index (χ2n) is 5.60. The molecule has 4 heteroatoms. The Balaban J connectivity index is 2.05. The topological polar surface area (TPSA) is 70.6 Å². The summed E-state index contributed by atoms with van der Waals surface area (Å²) in [5.41, 5.74) is 5.43. The van der Waals surface area contributed by atoms with Crippen molar-refractivity contribution in [1.29, 1.82) is 0 Å². The lowest BCUT2D eigenvalue weighted by Crippen LogP contribution is -2.32. The standard InChI is InChI=1S/C12H25N3O/c1-9-8-10(9)14-7-5-4-6-12(2,3)11(13)15-16/h9-10,14,16H,4-8H2,1-3H3,(H2,13,15). The van der Waals surface area contributed by atoms with Crippen LogP contribution in [0.3, 0.4) is 0 Å². The van der Waals surface area contributed by atoms with Gasteiger partial charge in [0, 0.05) is 11.5 Å². The molecule has 1 fully saturated rings. The third-order valence-corrected chi connectivity index (χ3v) is 3.55. The lowest BCUT2D eigenvalue weighted by molar-refractivity contribution is 0.304. The minimum Gasteiger partial charge on any atom is -0.409 e. The maximum Gasteiger partial charge on any atom is 0.144 e. The Morgan fingerprint density at radius 3 is 2.62 bits per heavy atom. The fourth-order valence-corrected chi connectivity index (χ4v) is 1.85. The van der Waals surface area contributed by atoms with Crippen LogP contribution in [0.15, 0.2) is 5.16 Å². The van der Waals surface area contributed by atoms with Crippen molar-refractivity contribution in [3.05, 3.63) is 0 Å². The van der Waals surface area contributed by atoms with Gasteiger partial charge < -0.3 is 16.3 Å². The lowest BCUT2D eigenvalue weighted by Gasteiger charge is -2.22. The number of nitrogens with one attached hydrogen (secondary N) is 1. The van der Waals surface area contributed by atoms with Crippen molar-refractivity contribution in [3.8, 4) is 0 Å². The molecule has 0 heterocycles. The summed E-state index contributed by atoms with van der Waals surface area (Å²) in [6, 6.07) is 0.761. The predicted octanol–water partition coefficient (Wildman–Crippen LogP) is 1.93. The van der Waals surface area contributed by atoms with Crippen LogP contribution in [0.25, 0.3) is 0 Å². The molecule has 1 saturated carbocycles. The molecule has 1 aliphatic rings. The molecule has 2 unspecified atom stereocenters. The van der Waals surface area contributed by atoms with Crippen molar-refractivity contribution in [2.75, 3.05) is 6.54 Å². The molecule has 0 spiro atoms. The van der Waals surface area contributed by atoms with Crippen molar-refractivity contribution in [3.63, 3.8) is 0 Å². The van der Waals surface area contributed by atoms with Crippen LogP contribution in [0.1, 0.15) is 46.5 Å². The quantitative estimate of drug-likeness (QED) is 0.205. The molecule has 0 aromatic heterocycles. The van der Waals surface area contributed by atoms with Crippen LogP contribution in [-0.2, 0) is 0 Å². The van der Waals surface area contributed by atoms with Gasteiger partial charge in [0.05, 0.1) is 0 Å². The molecule has 94 valence electrons. The van der Waals surface area contributed by atoms with Crippen LogP contribution in [0, 0.1) is 11.3 Å². The molecule has 0 saturated heterocycles. The van der Waals surface area contributed by atoms with E-state index in [-0.39, 0.29) is 5.41 Å². The summed E-state index contributed by atoms with van der Waals surface area (Å²) in [5.74, 6) is 1.20. The molecule has 1 rings (SSSR count). The third kappa shape index (κ3) is 4.00. The number of hydrogen-bond donors (Lipinski definition) is 3. The van der Waals surface area contributed by atoms with E-state index in [9.17, 15) is 0 Å². The van der Waals surface area contributed by atoms with Crippen LogP contribution in [0.4, 0.5) is 0 Å². The lowest BCUT2D eigenvalue weighted by atomic mass is 9.86. The summed E-state index contributed by atoms with van der Waals surface area (Å²) in [6.07, 6.45) is 4.56. The molecular formula is C12H25N3O. The molecular weight excluding hydrogens is 202 g/mol. The summed E-state index contributed by atoms with van der Waals surface area (Å²) in [4.78, 5) is 0. The highest BCUT2D eigenvalue weighted by Gasteiger charge is 2.31. The van der Waals surface area contributed by atoms with Gasteiger partial charge in [-0.25, -0.2) is 0 Å². The second kappa shape index (κ2) is 5.53. The summed E-state index contributed by atoms with van der Waals surface area (Å²) in [7, 11) is 0. The molecule has 4 N–H and O–H groups in total. The Hall–Kier alpha value is -0.770. The van der Waals surface area contributed by atoms with Gasteiger partial charge in [0.1, 0.15) is 5.84 Å². The number of nitrogens with two attached hydrogens (primary N) is 1. The van der Waals surface area contributed by atoms with Gasteiger partial charge in [-0.15, -0.1) is 0 Å². The van der Waals surface area contributed by atoms with Gasteiger partial charge in [0.2, 0.25) is 0 Å². The molecule has 0 aromatic carbocycles. The van der Waals surface area contributed by atoms with Crippen molar-refractivity contribution in [2.45, 2.75) is 52.5 Å². The average Bonchev–Trinajstić information content (AvgIpc) is 2.92. The van der Waals surface area contributed by atoms with Crippen molar-refractivity contribution in [2.24, 2.45) is 22.2 Å². The fraction of sp³-hybridized carbons (Fsp3) is 0.917. The number of oxime groups is 1. The molecule has 0 radical (unpaired) electrons. The predicted molar refractivity (Wildman–Crippen MR) is 66.6 cm³/mol. The number of hydrogen-bond acceptors (Lipinski definition) is 3. The molecule has 0 aromatic rings. The number of amidine groups is 1. The van der Waals surface area contributed by atoms with Crippen LogP contribution in [0.5, 0.6) is 0 Å². The first-order valence-corrected chi connectivity index (χ1v) is 6.19. The van der Waals surface area contributed by atoms with Gasteiger partial charge in [-0.05, 0) is 31.7 Å². The Labute approximate surface area is 98.3 Å². The third-order valence-electron chi connectivity index (χ3n) is 3.55. The van der Waals surface area contributed by atoms with E-state index in [1.807, 2.05) is 13.8 Å². The van der Waals surface area contributed by atoms with Crippen molar-refractivity contribution in [1.82, 2.24) is 5.32 Å². The van der Waals surface area contributed by atoms with Crippen LogP contribution in [0.2, 0.25) is 0 Å². The van der Waals surface area contributed by atoms with Crippen LogP contribution < -0.4 is 11.1 Å². The second-order valence-corrected chi connectivity index (χ2v) is 5.60. The maximum absolute atomic E-state index is 8.63. The monoisotopic (exact) mass is 227 g/mol. The first-order valence-electron chi connectivity index (χ1n) is 6.19. The van der Waals surface area contributed by atoms with E-state index in [0.29, 0.717) is 5.84 Å². The molecule has 0 bridgehead atoms. The van der Waals surface area contributed by atoms with E-state index >= 15 is 0 Å². The van der Waals surface area contributed by atoms with Gasteiger partial charge in [-0.3, -0.25) is 0 Å². The highest BCUT2D eigenvalue weighted by molar-refractivity contribution is 5.85. The molecule has 0 amide bonds. The normalized spacial score (nSPS) is 25.8. The zero-order chi connectivity index (χ0) is 12.2. The SMILES string of the molecule is CC1CC1NCCCCC(C)(C)C(N)=NO. The Bertz CT molecular complexity index is 251. The summed E-state index contributed by atoms with van der Waals surface area (Å²) >= 11 is 0. The zero-order valence-electron chi connectivity index (χ0n) is 10.7. The summed E-state index contributed by atoms with van der Waals surface area (Å²) in [6.45, 7) is 7.39. The summed E-state index contributed by atoms with van der Waals surface area (Å²) in [5, 5.41) is 15.2. The van der Waals surface area contributed by atoms with E-state index in [4.69, 9.17) is 10.9 Å². The Morgan fingerprint density at radius 2 is 2.12 bits per heavy atom. The minimum atomic E-state index is -0.193. The number of nitrogens with zero attached hydrogens (tertiary/aromatic N) is 1. The van der Waals surface area contributed by atoms with E-state index < -0.39 is 0 Å². The average molecular weight is 227 g/mol. The Kier molecular flexibility index (Phi) is 4.59. The van der Waals surface area contributed by atoms with Crippen LogP contribution >= 0.6 is 0 Å². The highest BCUT2D eigenvalue weighted by atomic mass is 16.4. The van der Waals surface area contributed by atoms with Gasteiger partial charge in [-0.2, -0.15) is 0 Å². The first kappa shape index (κ1) is 13.3. The number of rotatable bonds is 7. The first-order chi connectivity index (χ1) is 7.47. The minimum absolute atomic E-state index is 0.193. The smallest absolute Gasteiger partial charge is 0.144 e. The van der Waals surface area contributed by atoms with E-state index in [2.05, 4.69) is 17.4 Å². The van der Waals surface area contributed by atoms with Crippen molar-refractivity contribution >= 4 is 5.84 Å². The molecule has 2 atom stereocenters. The Morgan fingerprint density at radius 1 is 1.50 bits per heavy atom. The van der Waals surface area contributed by atoms with Gasteiger partial charge in [0.15, 0.2) is 0 Å². The van der Waals surface area contributed by atoms with E-state index in [1.165, 1.54) is 6.42 Å². The molecule has 4 nitrogen and oxygen atoms in total. The maximum atomic E-state index is 8.63.